The van der Waals surface area contributed by atoms with Gasteiger partial charge in [-0.05, 0) is 29.7 Å². The number of fused-ring (bicyclic) bond motifs is 1. The van der Waals surface area contributed by atoms with Crippen LogP contribution in [0.25, 0.3) is 6.08 Å². The topological polar surface area (TPSA) is 18.5 Å². The van der Waals surface area contributed by atoms with Crippen LogP contribution < -0.4 is 9.47 Å². The fourth-order valence-corrected chi connectivity index (χ4v) is 1.69. The standard InChI is InChI=1S/C13H13F3O2.C2H6/c1-8(2)10-5-9-3-4-11(18-13(14,15)16)6-12(9)17-7-10;1-2/h3-6,8H,7H2,1-2H3;1-2H3. The molecule has 0 bridgehead atoms. The van der Waals surface area contributed by atoms with E-state index in [9.17, 15) is 13.2 Å². The second-order valence-corrected chi connectivity index (χ2v) is 4.41. The van der Waals surface area contributed by atoms with Gasteiger partial charge in [0.1, 0.15) is 18.1 Å². The highest BCUT2D eigenvalue weighted by atomic mass is 19.4. The maximum atomic E-state index is 12.1. The molecule has 0 spiro atoms. The molecule has 0 aromatic heterocycles. The Kier molecular flexibility index (Phi) is 5.48. The largest absolute Gasteiger partial charge is 0.573 e. The summed E-state index contributed by atoms with van der Waals surface area (Å²) >= 11 is 0. The van der Waals surface area contributed by atoms with Gasteiger partial charge in [0.05, 0.1) is 0 Å². The summed E-state index contributed by atoms with van der Waals surface area (Å²) in [5.74, 6) is 0.507. The van der Waals surface area contributed by atoms with Crippen LogP contribution in [0.15, 0.2) is 23.8 Å². The maximum Gasteiger partial charge on any atom is 0.573 e. The summed E-state index contributed by atoms with van der Waals surface area (Å²) in [6.45, 7) is 8.49. The van der Waals surface area contributed by atoms with Gasteiger partial charge < -0.3 is 9.47 Å². The van der Waals surface area contributed by atoms with Crippen molar-refractivity contribution in [1.82, 2.24) is 0 Å². The zero-order valence-electron chi connectivity index (χ0n) is 12.0. The molecule has 5 heteroatoms. The Morgan fingerprint density at radius 1 is 1.20 bits per heavy atom. The van der Waals surface area contributed by atoms with Gasteiger partial charge in [-0.2, -0.15) is 0 Å². The molecule has 2 rings (SSSR count). The minimum Gasteiger partial charge on any atom is -0.488 e. The van der Waals surface area contributed by atoms with Crippen molar-refractivity contribution in [2.24, 2.45) is 5.92 Å². The minimum atomic E-state index is -4.68. The number of hydrogen-bond donors (Lipinski definition) is 0. The van der Waals surface area contributed by atoms with Gasteiger partial charge in [-0.3, -0.25) is 0 Å². The fourth-order valence-electron chi connectivity index (χ4n) is 1.69. The van der Waals surface area contributed by atoms with E-state index < -0.39 is 6.36 Å². The predicted octanol–water partition coefficient (Wildman–Crippen LogP) is 5.04. The molecule has 0 fully saturated rings. The Balaban J connectivity index is 0.000000956. The molecular weight excluding hydrogens is 269 g/mol. The first-order valence-corrected chi connectivity index (χ1v) is 6.58. The highest BCUT2D eigenvalue weighted by Crippen LogP contribution is 2.33. The summed E-state index contributed by atoms with van der Waals surface area (Å²) in [6.07, 6.45) is -2.73. The third kappa shape index (κ3) is 4.47. The molecule has 0 saturated heterocycles. The SMILES string of the molecule is CC.CC(C)C1=Cc2ccc(OC(F)(F)F)cc2OC1. The summed E-state index contributed by atoms with van der Waals surface area (Å²) in [5, 5.41) is 0. The lowest BCUT2D eigenvalue weighted by molar-refractivity contribution is -0.274. The van der Waals surface area contributed by atoms with Crippen LogP contribution in [0.3, 0.4) is 0 Å². The molecule has 1 aliphatic rings. The zero-order chi connectivity index (χ0) is 15.3. The van der Waals surface area contributed by atoms with Gasteiger partial charge in [0.15, 0.2) is 0 Å². The first-order valence-electron chi connectivity index (χ1n) is 6.58. The van der Waals surface area contributed by atoms with Gasteiger partial charge in [-0.15, -0.1) is 13.2 Å². The van der Waals surface area contributed by atoms with E-state index in [0.717, 1.165) is 11.1 Å². The molecule has 1 aromatic rings. The van der Waals surface area contributed by atoms with Crippen LogP contribution in [0, 0.1) is 5.92 Å². The van der Waals surface area contributed by atoms with E-state index in [2.05, 4.69) is 4.74 Å². The van der Waals surface area contributed by atoms with E-state index in [1.165, 1.54) is 12.1 Å². The smallest absolute Gasteiger partial charge is 0.488 e. The normalized spacial score (nSPS) is 13.7. The highest BCUT2D eigenvalue weighted by molar-refractivity contribution is 5.63. The lowest BCUT2D eigenvalue weighted by atomic mass is 9.99. The molecule has 20 heavy (non-hydrogen) atoms. The van der Waals surface area contributed by atoms with E-state index >= 15 is 0 Å². The van der Waals surface area contributed by atoms with Crippen molar-refractivity contribution in [2.75, 3.05) is 6.61 Å². The van der Waals surface area contributed by atoms with E-state index in [1.54, 1.807) is 6.07 Å². The molecule has 0 radical (unpaired) electrons. The zero-order valence-corrected chi connectivity index (χ0v) is 12.0. The molecule has 1 aromatic carbocycles. The van der Waals surface area contributed by atoms with Crippen LogP contribution in [0.5, 0.6) is 11.5 Å². The molecule has 0 unspecified atom stereocenters. The third-order valence-electron chi connectivity index (χ3n) is 2.70. The molecule has 0 N–H and O–H groups in total. The van der Waals surface area contributed by atoms with E-state index in [-0.39, 0.29) is 5.75 Å². The van der Waals surface area contributed by atoms with Crippen molar-refractivity contribution in [2.45, 2.75) is 34.1 Å². The van der Waals surface area contributed by atoms with Crippen LogP contribution in [-0.2, 0) is 0 Å². The second kappa shape index (κ2) is 6.68. The molecule has 1 heterocycles. The Hall–Kier alpha value is -1.65. The van der Waals surface area contributed by atoms with Gasteiger partial charge in [0, 0.05) is 11.6 Å². The van der Waals surface area contributed by atoms with Gasteiger partial charge in [0.25, 0.3) is 0 Å². The predicted molar refractivity (Wildman–Crippen MR) is 72.8 cm³/mol. The van der Waals surface area contributed by atoms with Crippen molar-refractivity contribution in [3.05, 3.63) is 29.3 Å². The monoisotopic (exact) mass is 288 g/mol. The van der Waals surface area contributed by atoms with Gasteiger partial charge in [0.2, 0.25) is 0 Å². The average molecular weight is 288 g/mol. The average Bonchev–Trinajstić information content (AvgIpc) is 2.38. The molecule has 0 amide bonds. The number of ether oxygens (including phenoxy) is 2. The molecule has 0 aliphatic carbocycles. The third-order valence-corrected chi connectivity index (χ3v) is 2.70. The van der Waals surface area contributed by atoms with Gasteiger partial charge in [-0.1, -0.05) is 27.7 Å². The molecule has 2 nitrogen and oxygen atoms in total. The minimum absolute atomic E-state index is 0.261. The Bertz CT molecular complexity index is 476. The van der Waals surface area contributed by atoms with Crippen LogP contribution in [0.4, 0.5) is 13.2 Å². The maximum absolute atomic E-state index is 12.1. The Labute approximate surface area is 117 Å². The Morgan fingerprint density at radius 3 is 2.40 bits per heavy atom. The first kappa shape index (κ1) is 16.4. The molecule has 112 valence electrons. The number of halogens is 3. The fraction of sp³-hybridized carbons (Fsp3) is 0.467. The second-order valence-electron chi connectivity index (χ2n) is 4.41. The highest BCUT2D eigenvalue weighted by Gasteiger charge is 2.31. The number of benzene rings is 1. The Morgan fingerprint density at radius 2 is 1.85 bits per heavy atom. The van der Waals surface area contributed by atoms with Crippen LogP contribution >= 0.6 is 0 Å². The van der Waals surface area contributed by atoms with Crippen molar-refractivity contribution < 1.29 is 22.6 Å². The van der Waals surface area contributed by atoms with Gasteiger partial charge in [-0.25, -0.2) is 0 Å². The molecule has 0 atom stereocenters. The lowest BCUT2D eigenvalue weighted by Gasteiger charge is -2.21. The summed E-state index contributed by atoms with van der Waals surface area (Å²) < 4.78 is 45.5. The summed E-state index contributed by atoms with van der Waals surface area (Å²) in [7, 11) is 0. The molecule has 0 saturated carbocycles. The summed E-state index contributed by atoms with van der Waals surface area (Å²) in [4.78, 5) is 0. The van der Waals surface area contributed by atoms with Gasteiger partial charge >= 0.3 is 6.36 Å². The molecule has 1 aliphatic heterocycles. The molecular formula is C15H19F3O2. The number of alkyl halides is 3. The van der Waals surface area contributed by atoms with E-state index in [1.807, 2.05) is 33.8 Å². The van der Waals surface area contributed by atoms with Crippen molar-refractivity contribution >= 4 is 6.08 Å². The van der Waals surface area contributed by atoms with Crippen molar-refractivity contribution in [3.8, 4) is 11.5 Å². The van der Waals surface area contributed by atoms with Crippen LogP contribution in [0.2, 0.25) is 0 Å². The van der Waals surface area contributed by atoms with Crippen LogP contribution in [0.1, 0.15) is 33.3 Å². The van der Waals surface area contributed by atoms with E-state index in [4.69, 9.17) is 4.74 Å². The summed E-state index contributed by atoms with van der Waals surface area (Å²) in [6, 6.07) is 4.11. The van der Waals surface area contributed by atoms with Crippen molar-refractivity contribution in [1.29, 1.82) is 0 Å². The first-order chi connectivity index (χ1) is 9.35. The lowest BCUT2D eigenvalue weighted by Crippen LogP contribution is -2.17. The van der Waals surface area contributed by atoms with Crippen molar-refractivity contribution in [3.63, 3.8) is 0 Å². The van der Waals surface area contributed by atoms with E-state index in [0.29, 0.717) is 18.3 Å². The number of hydrogen-bond acceptors (Lipinski definition) is 2. The number of rotatable bonds is 2. The quantitative estimate of drug-likeness (QED) is 0.758. The van der Waals surface area contributed by atoms with Crippen LogP contribution in [-0.4, -0.2) is 13.0 Å². The summed E-state index contributed by atoms with van der Waals surface area (Å²) in [5.41, 5.74) is 1.89.